The average Bonchev–Trinajstić information content (AvgIpc) is 3.00. The summed E-state index contributed by atoms with van der Waals surface area (Å²) in [6, 6.07) is 0. The predicted molar refractivity (Wildman–Crippen MR) is 71.0 cm³/mol. The number of hydrogen-bond acceptors (Lipinski definition) is 2. The number of hydrogen-bond donors (Lipinski definition) is 1. The van der Waals surface area contributed by atoms with Gasteiger partial charge in [-0.25, -0.2) is 0 Å². The molecule has 0 radical (unpaired) electrons. The van der Waals surface area contributed by atoms with E-state index in [1.54, 1.807) is 0 Å². The Morgan fingerprint density at radius 2 is 2.31 bits per heavy atom. The van der Waals surface area contributed by atoms with Gasteiger partial charge in [0.25, 0.3) is 0 Å². The molecule has 0 aromatic heterocycles. The summed E-state index contributed by atoms with van der Waals surface area (Å²) >= 11 is 1.96. The van der Waals surface area contributed by atoms with Gasteiger partial charge in [0.15, 0.2) is 5.17 Å². The first-order valence-electron chi connectivity index (χ1n) is 6.71. The molecule has 3 rings (SSSR count). The highest BCUT2D eigenvalue weighted by Crippen LogP contribution is 2.39. The topological polar surface area (TPSA) is 24.4 Å². The van der Waals surface area contributed by atoms with Crippen LogP contribution in [0.25, 0.3) is 0 Å². The van der Waals surface area contributed by atoms with E-state index in [1.807, 2.05) is 11.8 Å². The molecule has 1 spiro atoms. The summed E-state index contributed by atoms with van der Waals surface area (Å²) in [6.07, 6.45) is 8.33. The normalized spacial score (nSPS) is 41.6. The number of thioether (sulfide) groups is 1. The Labute approximate surface area is 103 Å². The SMILES string of the molecule is CC1CCCC2(CSC(=NCC3CC3)N2)C1. The van der Waals surface area contributed by atoms with Gasteiger partial charge in [-0.1, -0.05) is 31.5 Å². The number of nitrogens with one attached hydrogen (secondary N) is 1. The molecule has 1 saturated heterocycles. The van der Waals surface area contributed by atoms with Crippen molar-refractivity contribution in [3.8, 4) is 0 Å². The van der Waals surface area contributed by atoms with Gasteiger partial charge in [0, 0.05) is 17.8 Å². The smallest absolute Gasteiger partial charge is 0.157 e. The molecule has 3 fully saturated rings. The van der Waals surface area contributed by atoms with E-state index in [-0.39, 0.29) is 0 Å². The van der Waals surface area contributed by atoms with Crippen molar-refractivity contribution in [3.63, 3.8) is 0 Å². The first-order chi connectivity index (χ1) is 7.76. The van der Waals surface area contributed by atoms with Crippen LogP contribution >= 0.6 is 11.8 Å². The van der Waals surface area contributed by atoms with Gasteiger partial charge in [-0.2, -0.15) is 0 Å². The second-order valence-corrected chi connectivity index (χ2v) is 6.95. The summed E-state index contributed by atoms with van der Waals surface area (Å²) in [4.78, 5) is 4.73. The summed E-state index contributed by atoms with van der Waals surface area (Å²) in [7, 11) is 0. The Hall–Kier alpha value is -0.180. The van der Waals surface area contributed by atoms with Crippen molar-refractivity contribution in [1.82, 2.24) is 5.32 Å². The van der Waals surface area contributed by atoms with Crippen LogP contribution in [-0.2, 0) is 0 Å². The van der Waals surface area contributed by atoms with Crippen LogP contribution in [0.15, 0.2) is 4.99 Å². The van der Waals surface area contributed by atoms with E-state index in [4.69, 9.17) is 4.99 Å². The third-order valence-electron chi connectivity index (χ3n) is 4.14. The molecule has 3 aliphatic rings. The lowest BCUT2D eigenvalue weighted by molar-refractivity contribution is 0.242. The fourth-order valence-electron chi connectivity index (χ4n) is 3.01. The Balaban J connectivity index is 1.59. The van der Waals surface area contributed by atoms with Crippen LogP contribution in [0, 0.1) is 11.8 Å². The number of nitrogens with zero attached hydrogens (tertiary/aromatic N) is 1. The monoisotopic (exact) mass is 238 g/mol. The Kier molecular flexibility index (Phi) is 2.90. The number of rotatable bonds is 2. The number of amidine groups is 1. The first-order valence-corrected chi connectivity index (χ1v) is 7.70. The fraction of sp³-hybridized carbons (Fsp3) is 0.923. The van der Waals surface area contributed by atoms with E-state index in [0.29, 0.717) is 5.54 Å². The van der Waals surface area contributed by atoms with Crippen LogP contribution in [0.5, 0.6) is 0 Å². The lowest BCUT2D eigenvalue weighted by atomic mass is 9.78. The molecule has 90 valence electrons. The average molecular weight is 238 g/mol. The minimum absolute atomic E-state index is 0.407. The van der Waals surface area contributed by atoms with Crippen LogP contribution in [0.4, 0.5) is 0 Å². The third kappa shape index (κ3) is 2.39. The van der Waals surface area contributed by atoms with E-state index in [9.17, 15) is 0 Å². The summed E-state index contributed by atoms with van der Waals surface area (Å²) in [6.45, 7) is 3.47. The summed E-state index contributed by atoms with van der Waals surface area (Å²) < 4.78 is 0. The van der Waals surface area contributed by atoms with Gasteiger partial charge in [-0.3, -0.25) is 4.99 Å². The molecule has 3 heteroatoms. The van der Waals surface area contributed by atoms with E-state index in [0.717, 1.165) is 18.4 Å². The van der Waals surface area contributed by atoms with E-state index in [2.05, 4.69) is 12.2 Å². The Morgan fingerprint density at radius 3 is 3.06 bits per heavy atom. The molecule has 2 atom stereocenters. The zero-order valence-electron chi connectivity index (χ0n) is 10.2. The maximum Gasteiger partial charge on any atom is 0.157 e. The van der Waals surface area contributed by atoms with E-state index < -0.39 is 0 Å². The number of aliphatic imine (C=N–C) groups is 1. The highest BCUT2D eigenvalue weighted by Gasteiger charge is 2.40. The molecule has 2 aliphatic carbocycles. The molecule has 0 aromatic rings. The zero-order chi connectivity index (χ0) is 11.0. The molecule has 2 nitrogen and oxygen atoms in total. The van der Waals surface area contributed by atoms with E-state index in [1.165, 1.54) is 49.4 Å². The molecular weight excluding hydrogens is 216 g/mol. The molecule has 2 saturated carbocycles. The maximum atomic E-state index is 4.73. The second-order valence-electron chi connectivity index (χ2n) is 5.98. The van der Waals surface area contributed by atoms with Crippen LogP contribution in [-0.4, -0.2) is 23.0 Å². The molecule has 1 N–H and O–H groups in total. The van der Waals surface area contributed by atoms with Gasteiger partial charge >= 0.3 is 0 Å². The Morgan fingerprint density at radius 1 is 1.44 bits per heavy atom. The third-order valence-corrected chi connectivity index (χ3v) is 5.34. The van der Waals surface area contributed by atoms with Crippen LogP contribution in [0.2, 0.25) is 0 Å². The minimum atomic E-state index is 0.407. The molecule has 0 bridgehead atoms. The molecular formula is C13H22N2S. The zero-order valence-corrected chi connectivity index (χ0v) is 11.0. The van der Waals surface area contributed by atoms with E-state index >= 15 is 0 Å². The van der Waals surface area contributed by atoms with Crippen LogP contribution in [0.1, 0.15) is 45.4 Å². The first kappa shape index (κ1) is 10.9. The standard InChI is InChI=1S/C13H22N2S/c1-10-3-2-6-13(7-10)9-16-12(15-13)14-8-11-4-5-11/h10-11H,2-9H2,1H3,(H,14,15). The highest BCUT2D eigenvalue weighted by molar-refractivity contribution is 8.14. The predicted octanol–water partition coefficient (Wildman–Crippen LogP) is 3.04. The van der Waals surface area contributed by atoms with Crippen LogP contribution < -0.4 is 5.32 Å². The van der Waals surface area contributed by atoms with Gasteiger partial charge in [0.05, 0.1) is 0 Å². The summed E-state index contributed by atoms with van der Waals surface area (Å²) in [5, 5.41) is 4.97. The van der Waals surface area contributed by atoms with Crippen LogP contribution in [0.3, 0.4) is 0 Å². The largest absolute Gasteiger partial charge is 0.359 e. The summed E-state index contributed by atoms with van der Waals surface area (Å²) in [5.41, 5.74) is 0.407. The quantitative estimate of drug-likeness (QED) is 0.799. The van der Waals surface area contributed by atoms with Gasteiger partial charge in [0.1, 0.15) is 0 Å². The summed E-state index contributed by atoms with van der Waals surface area (Å²) in [5.74, 6) is 3.06. The lowest BCUT2D eigenvalue weighted by Crippen LogP contribution is -2.47. The molecule has 2 unspecified atom stereocenters. The van der Waals surface area contributed by atoms with Crippen molar-refractivity contribution < 1.29 is 0 Å². The molecule has 1 heterocycles. The lowest BCUT2D eigenvalue weighted by Gasteiger charge is -2.36. The van der Waals surface area contributed by atoms with Gasteiger partial charge in [-0.05, 0) is 37.5 Å². The highest BCUT2D eigenvalue weighted by atomic mass is 32.2. The van der Waals surface area contributed by atoms with Crippen molar-refractivity contribution in [2.75, 3.05) is 12.3 Å². The van der Waals surface area contributed by atoms with Gasteiger partial charge < -0.3 is 5.32 Å². The minimum Gasteiger partial charge on any atom is -0.359 e. The Bertz CT molecular complexity index is 298. The van der Waals surface area contributed by atoms with Crippen molar-refractivity contribution in [1.29, 1.82) is 0 Å². The molecule has 1 aliphatic heterocycles. The van der Waals surface area contributed by atoms with Crippen molar-refractivity contribution in [2.24, 2.45) is 16.8 Å². The van der Waals surface area contributed by atoms with Crippen molar-refractivity contribution >= 4 is 16.9 Å². The second kappa shape index (κ2) is 4.25. The molecule has 0 aromatic carbocycles. The van der Waals surface area contributed by atoms with Gasteiger partial charge in [0.2, 0.25) is 0 Å². The van der Waals surface area contributed by atoms with Gasteiger partial charge in [-0.15, -0.1) is 0 Å². The maximum absolute atomic E-state index is 4.73. The molecule has 0 amide bonds. The molecule has 16 heavy (non-hydrogen) atoms. The van der Waals surface area contributed by atoms with Crippen molar-refractivity contribution in [2.45, 2.75) is 51.0 Å². The fourth-order valence-corrected chi connectivity index (χ4v) is 4.21. The van der Waals surface area contributed by atoms with Crippen molar-refractivity contribution in [3.05, 3.63) is 0 Å².